The number of alkyl halides is 3. The largest absolute Gasteiger partial charge is 0.416 e. The summed E-state index contributed by atoms with van der Waals surface area (Å²) in [6.45, 7) is 1.64. The molecule has 4 nitrogen and oxygen atoms in total. The summed E-state index contributed by atoms with van der Waals surface area (Å²) in [5.74, 6) is -0.327. The summed E-state index contributed by atoms with van der Waals surface area (Å²) >= 11 is 1.38. The van der Waals surface area contributed by atoms with Crippen LogP contribution in [0.5, 0.6) is 0 Å². The van der Waals surface area contributed by atoms with E-state index >= 15 is 0 Å². The molecule has 0 bridgehead atoms. The van der Waals surface area contributed by atoms with Gasteiger partial charge in [0.15, 0.2) is 0 Å². The molecule has 0 atom stereocenters. The molecule has 1 saturated heterocycles. The number of carbonyl (C=O) groups is 2. The fourth-order valence-electron chi connectivity index (χ4n) is 2.78. The van der Waals surface area contributed by atoms with Crippen molar-refractivity contribution >= 4 is 29.2 Å². The van der Waals surface area contributed by atoms with Gasteiger partial charge in [-0.3, -0.25) is 9.59 Å². The molecule has 8 heteroatoms. The van der Waals surface area contributed by atoms with Crippen LogP contribution in [0.1, 0.15) is 20.8 Å². The van der Waals surface area contributed by atoms with Gasteiger partial charge in [-0.1, -0.05) is 18.2 Å². The number of halogens is 3. The molecular formula is C19H17F3N2O2S. The van der Waals surface area contributed by atoms with E-state index in [2.05, 4.69) is 0 Å². The molecule has 0 saturated carbocycles. The van der Waals surface area contributed by atoms with Gasteiger partial charge in [0.1, 0.15) is 0 Å². The summed E-state index contributed by atoms with van der Waals surface area (Å²) in [6.07, 6.45) is -1.77. The second-order valence-corrected chi connectivity index (χ2v) is 7.00. The highest BCUT2D eigenvalue weighted by molar-refractivity contribution is 7.12. The Balaban J connectivity index is 1.57. The molecule has 1 aliphatic heterocycles. The molecule has 2 heterocycles. The molecule has 2 aromatic rings. The zero-order valence-corrected chi connectivity index (χ0v) is 15.1. The molecule has 0 N–H and O–H groups in total. The second kappa shape index (κ2) is 7.96. The first-order chi connectivity index (χ1) is 12.8. The lowest BCUT2D eigenvalue weighted by Crippen LogP contribution is -2.50. The van der Waals surface area contributed by atoms with E-state index in [-0.39, 0.29) is 11.8 Å². The Morgan fingerprint density at radius 3 is 2.33 bits per heavy atom. The highest BCUT2D eigenvalue weighted by Crippen LogP contribution is 2.29. The van der Waals surface area contributed by atoms with Crippen molar-refractivity contribution in [3.05, 3.63) is 63.9 Å². The van der Waals surface area contributed by atoms with Gasteiger partial charge >= 0.3 is 6.18 Å². The maximum absolute atomic E-state index is 12.7. The minimum absolute atomic E-state index is 0.0448. The minimum Gasteiger partial charge on any atom is -0.336 e. The summed E-state index contributed by atoms with van der Waals surface area (Å²) in [5.41, 5.74) is -0.442. The van der Waals surface area contributed by atoms with Crippen molar-refractivity contribution in [3.63, 3.8) is 0 Å². The van der Waals surface area contributed by atoms with Crippen molar-refractivity contribution in [2.75, 3.05) is 26.2 Å². The molecule has 0 aliphatic carbocycles. The van der Waals surface area contributed by atoms with Gasteiger partial charge in [-0.05, 0) is 35.2 Å². The van der Waals surface area contributed by atoms with Gasteiger partial charge in [-0.2, -0.15) is 13.2 Å². The number of carbonyl (C=O) groups excluding carboxylic acids is 2. The lowest BCUT2D eigenvalue weighted by atomic mass is 10.1. The van der Waals surface area contributed by atoms with Crippen LogP contribution < -0.4 is 0 Å². The smallest absolute Gasteiger partial charge is 0.336 e. The number of hydrogen-bond donors (Lipinski definition) is 0. The van der Waals surface area contributed by atoms with E-state index in [0.717, 1.165) is 12.1 Å². The van der Waals surface area contributed by atoms with E-state index in [9.17, 15) is 22.8 Å². The summed E-state index contributed by atoms with van der Waals surface area (Å²) in [6, 6.07) is 8.39. The number of piperazine rings is 1. The van der Waals surface area contributed by atoms with Gasteiger partial charge < -0.3 is 9.80 Å². The normalized spacial score (nSPS) is 15.4. The number of nitrogens with zero attached hydrogens (tertiary/aromatic N) is 2. The fraction of sp³-hybridized carbons (Fsp3) is 0.263. The van der Waals surface area contributed by atoms with Crippen LogP contribution in [0.15, 0.2) is 47.9 Å². The summed E-state index contributed by atoms with van der Waals surface area (Å²) in [4.78, 5) is 28.5. The number of thiophene rings is 1. The number of benzene rings is 1. The summed E-state index contributed by atoms with van der Waals surface area (Å²) < 4.78 is 38.2. The van der Waals surface area contributed by atoms with Crippen molar-refractivity contribution < 1.29 is 22.8 Å². The zero-order chi connectivity index (χ0) is 19.4. The van der Waals surface area contributed by atoms with Crippen LogP contribution in [0.2, 0.25) is 0 Å². The zero-order valence-electron chi connectivity index (χ0n) is 14.3. The quantitative estimate of drug-likeness (QED) is 0.744. The SMILES string of the molecule is O=C(/C=C/c1cccc(C(F)(F)F)c1)N1CCN(C(=O)c2cccs2)CC1. The van der Waals surface area contributed by atoms with E-state index in [1.807, 2.05) is 11.4 Å². The van der Waals surface area contributed by atoms with E-state index in [4.69, 9.17) is 0 Å². The van der Waals surface area contributed by atoms with E-state index < -0.39 is 11.7 Å². The van der Waals surface area contributed by atoms with Crippen LogP contribution in [-0.2, 0) is 11.0 Å². The van der Waals surface area contributed by atoms with Gasteiger partial charge in [0.25, 0.3) is 5.91 Å². The summed E-state index contributed by atoms with van der Waals surface area (Å²) in [7, 11) is 0. The molecule has 2 amide bonds. The molecule has 0 spiro atoms. The third kappa shape index (κ3) is 4.77. The van der Waals surface area contributed by atoms with E-state index in [1.165, 1.54) is 35.6 Å². The molecule has 1 aliphatic rings. The van der Waals surface area contributed by atoms with Crippen molar-refractivity contribution in [2.45, 2.75) is 6.18 Å². The first-order valence-corrected chi connectivity index (χ1v) is 9.19. The Kier molecular flexibility index (Phi) is 5.65. The molecule has 0 unspecified atom stereocenters. The Morgan fingerprint density at radius 1 is 1.00 bits per heavy atom. The second-order valence-electron chi connectivity index (χ2n) is 6.05. The maximum Gasteiger partial charge on any atom is 0.416 e. The van der Waals surface area contributed by atoms with Gasteiger partial charge in [-0.15, -0.1) is 11.3 Å². The van der Waals surface area contributed by atoms with Gasteiger partial charge in [-0.25, -0.2) is 0 Å². The first-order valence-electron chi connectivity index (χ1n) is 8.31. The Labute approximate surface area is 158 Å². The molecule has 1 aromatic heterocycles. The van der Waals surface area contributed by atoms with Crippen LogP contribution in [0.3, 0.4) is 0 Å². The molecular weight excluding hydrogens is 377 g/mol. The average Bonchev–Trinajstić information content (AvgIpc) is 3.20. The highest BCUT2D eigenvalue weighted by atomic mass is 32.1. The van der Waals surface area contributed by atoms with Crippen LogP contribution in [0, 0.1) is 0 Å². The predicted octanol–water partition coefficient (Wildman–Crippen LogP) is 3.76. The lowest BCUT2D eigenvalue weighted by Gasteiger charge is -2.34. The average molecular weight is 394 g/mol. The molecule has 0 radical (unpaired) electrons. The highest BCUT2D eigenvalue weighted by Gasteiger charge is 2.30. The number of hydrogen-bond acceptors (Lipinski definition) is 3. The Morgan fingerprint density at radius 2 is 1.70 bits per heavy atom. The van der Waals surface area contributed by atoms with Crippen LogP contribution in [0.4, 0.5) is 13.2 Å². The standard InChI is InChI=1S/C19H17F3N2O2S/c20-19(21,22)15-4-1-3-14(13-15)6-7-17(25)23-8-10-24(11-9-23)18(26)16-5-2-12-27-16/h1-7,12-13H,8-11H2/b7-6+. The number of rotatable bonds is 3. The van der Waals surface area contributed by atoms with Gasteiger partial charge in [0.2, 0.25) is 5.91 Å². The molecule has 142 valence electrons. The van der Waals surface area contributed by atoms with Crippen molar-refractivity contribution in [1.82, 2.24) is 9.80 Å². The van der Waals surface area contributed by atoms with Gasteiger partial charge in [0.05, 0.1) is 10.4 Å². The van der Waals surface area contributed by atoms with Crippen LogP contribution >= 0.6 is 11.3 Å². The molecule has 3 rings (SSSR count). The Bertz CT molecular complexity index is 839. The fourth-order valence-corrected chi connectivity index (χ4v) is 3.47. The third-order valence-electron chi connectivity index (χ3n) is 4.24. The predicted molar refractivity (Wildman–Crippen MR) is 97.3 cm³/mol. The topological polar surface area (TPSA) is 40.6 Å². The van der Waals surface area contributed by atoms with Gasteiger partial charge in [0, 0.05) is 32.3 Å². The molecule has 27 heavy (non-hydrogen) atoms. The van der Waals surface area contributed by atoms with Crippen molar-refractivity contribution in [2.24, 2.45) is 0 Å². The monoisotopic (exact) mass is 394 g/mol. The van der Waals surface area contributed by atoms with Crippen LogP contribution in [0.25, 0.3) is 6.08 Å². The molecule has 1 aromatic carbocycles. The van der Waals surface area contributed by atoms with E-state index in [1.54, 1.807) is 15.9 Å². The Hall–Kier alpha value is -2.61. The summed E-state index contributed by atoms with van der Waals surface area (Å²) in [5, 5.41) is 1.84. The van der Waals surface area contributed by atoms with E-state index in [0.29, 0.717) is 36.6 Å². The first kappa shape index (κ1) is 19.2. The molecule has 1 fully saturated rings. The third-order valence-corrected chi connectivity index (χ3v) is 5.10. The number of amides is 2. The van der Waals surface area contributed by atoms with Crippen LogP contribution in [-0.4, -0.2) is 47.8 Å². The maximum atomic E-state index is 12.7. The van der Waals surface area contributed by atoms with Crippen molar-refractivity contribution in [1.29, 1.82) is 0 Å². The van der Waals surface area contributed by atoms with Crippen molar-refractivity contribution in [3.8, 4) is 0 Å². The lowest BCUT2D eigenvalue weighted by molar-refractivity contribution is -0.137. The minimum atomic E-state index is -4.42.